The number of ether oxygens (including phenoxy) is 1. The molecule has 1 aliphatic heterocycles. The van der Waals surface area contributed by atoms with E-state index in [-0.39, 0.29) is 23.4 Å². The monoisotopic (exact) mass is 570 g/mol. The summed E-state index contributed by atoms with van der Waals surface area (Å²) >= 11 is 0. The maximum absolute atomic E-state index is 15.5. The number of anilines is 3. The maximum atomic E-state index is 15.5. The lowest BCUT2D eigenvalue weighted by Crippen LogP contribution is -2.37. The molecule has 5 rings (SSSR count). The zero-order chi connectivity index (χ0) is 28.1. The van der Waals surface area contributed by atoms with Gasteiger partial charge in [-0.1, -0.05) is 6.07 Å². The molecule has 40 heavy (non-hydrogen) atoms. The number of rotatable bonds is 10. The van der Waals surface area contributed by atoms with Crippen LogP contribution in [0.2, 0.25) is 0 Å². The molecule has 0 atom stereocenters. The van der Waals surface area contributed by atoms with Gasteiger partial charge < -0.3 is 15.0 Å². The standard InChI is InChI=1S/C26H28F2N8O3S/c1-2-29-26-30-15-17(16-31-26)24-33-21-8-7-19(32-23(21)25(34-24)36-10-12-39-13-11-36)18-5-3-6-20(22(18)28)35-40(37,38)14-4-9-27/h3,5-8,15-16,35H,2,4,9-14H2,1H3,(H,29,30,31). The third-order valence-corrected chi connectivity index (χ3v) is 7.52. The quantitative estimate of drug-likeness (QED) is 0.291. The van der Waals surface area contributed by atoms with Crippen LogP contribution in [0, 0.1) is 5.82 Å². The first-order valence-corrected chi connectivity index (χ1v) is 14.5. The number of halogens is 2. The molecule has 1 aliphatic rings. The summed E-state index contributed by atoms with van der Waals surface area (Å²) in [4.78, 5) is 24.9. The highest BCUT2D eigenvalue weighted by atomic mass is 32.2. The number of sulfonamides is 1. The number of benzene rings is 1. The van der Waals surface area contributed by atoms with Crippen LogP contribution in [0.15, 0.2) is 42.7 Å². The highest BCUT2D eigenvalue weighted by molar-refractivity contribution is 7.92. The number of aromatic nitrogens is 5. The van der Waals surface area contributed by atoms with E-state index in [0.717, 1.165) is 0 Å². The van der Waals surface area contributed by atoms with Crippen molar-refractivity contribution in [2.24, 2.45) is 0 Å². The van der Waals surface area contributed by atoms with Crippen LogP contribution < -0.4 is 14.9 Å². The molecular weight excluding hydrogens is 542 g/mol. The lowest BCUT2D eigenvalue weighted by molar-refractivity contribution is 0.122. The molecule has 0 radical (unpaired) electrons. The highest BCUT2D eigenvalue weighted by Gasteiger charge is 2.22. The van der Waals surface area contributed by atoms with Crippen molar-refractivity contribution in [3.05, 3.63) is 48.5 Å². The van der Waals surface area contributed by atoms with Crippen LogP contribution >= 0.6 is 0 Å². The Hall–Kier alpha value is -4.04. The average molecular weight is 571 g/mol. The second kappa shape index (κ2) is 12.0. The van der Waals surface area contributed by atoms with E-state index >= 15 is 4.39 Å². The first-order valence-electron chi connectivity index (χ1n) is 12.8. The van der Waals surface area contributed by atoms with E-state index in [4.69, 9.17) is 14.7 Å². The molecular formula is C26H28F2N8O3S. The van der Waals surface area contributed by atoms with Gasteiger partial charge in [-0.2, -0.15) is 0 Å². The third-order valence-electron chi connectivity index (χ3n) is 6.17. The second-order valence-electron chi connectivity index (χ2n) is 8.99. The van der Waals surface area contributed by atoms with Crippen LogP contribution in [-0.2, 0) is 14.8 Å². The average Bonchev–Trinajstić information content (AvgIpc) is 2.97. The lowest BCUT2D eigenvalue weighted by Gasteiger charge is -2.28. The van der Waals surface area contributed by atoms with E-state index < -0.39 is 28.3 Å². The van der Waals surface area contributed by atoms with Gasteiger partial charge in [-0.05, 0) is 37.6 Å². The number of pyridine rings is 1. The maximum Gasteiger partial charge on any atom is 0.232 e. The molecule has 0 aliphatic carbocycles. The molecule has 3 aromatic heterocycles. The van der Waals surface area contributed by atoms with Crippen LogP contribution in [0.4, 0.5) is 26.2 Å². The molecule has 0 unspecified atom stereocenters. The number of alkyl halides is 1. The van der Waals surface area contributed by atoms with E-state index in [1.807, 2.05) is 11.8 Å². The van der Waals surface area contributed by atoms with Gasteiger partial charge in [-0.3, -0.25) is 9.11 Å². The molecule has 1 saturated heterocycles. The van der Waals surface area contributed by atoms with Gasteiger partial charge >= 0.3 is 0 Å². The Balaban J connectivity index is 1.57. The summed E-state index contributed by atoms with van der Waals surface area (Å²) in [6.45, 7) is 4.05. The Kier molecular flexibility index (Phi) is 8.26. The number of morpholine rings is 1. The minimum absolute atomic E-state index is 0.0945. The summed E-state index contributed by atoms with van der Waals surface area (Å²) < 4.78 is 60.2. The minimum Gasteiger partial charge on any atom is -0.378 e. The molecule has 4 aromatic rings. The molecule has 0 spiro atoms. The van der Waals surface area contributed by atoms with E-state index in [0.29, 0.717) is 67.0 Å². The summed E-state index contributed by atoms with van der Waals surface area (Å²) in [6, 6.07) is 7.68. The Labute approximate surface area is 230 Å². The first-order chi connectivity index (χ1) is 19.4. The van der Waals surface area contributed by atoms with Crippen LogP contribution in [0.5, 0.6) is 0 Å². The number of nitrogens with zero attached hydrogens (tertiary/aromatic N) is 6. The van der Waals surface area contributed by atoms with Crippen molar-refractivity contribution in [1.29, 1.82) is 0 Å². The fourth-order valence-corrected chi connectivity index (χ4v) is 5.32. The van der Waals surface area contributed by atoms with Crippen molar-refractivity contribution in [2.45, 2.75) is 13.3 Å². The highest BCUT2D eigenvalue weighted by Crippen LogP contribution is 2.32. The zero-order valence-corrected chi connectivity index (χ0v) is 22.6. The molecule has 1 aromatic carbocycles. The first kappa shape index (κ1) is 27.5. The molecule has 210 valence electrons. The molecule has 0 bridgehead atoms. The summed E-state index contributed by atoms with van der Waals surface area (Å²) in [6.07, 6.45) is 3.11. The fourth-order valence-electron chi connectivity index (χ4n) is 4.24. The molecule has 4 heterocycles. The molecule has 0 saturated carbocycles. The van der Waals surface area contributed by atoms with Gasteiger partial charge in [-0.25, -0.2) is 37.7 Å². The van der Waals surface area contributed by atoms with Crippen molar-refractivity contribution >= 4 is 38.5 Å². The zero-order valence-electron chi connectivity index (χ0n) is 21.8. The van der Waals surface area contributed by atoms with Crippen molar-refractivity contribution in [2.75, 3.05) is 60.2 Å². The number of hydrogen-bond acceptors (Lipinski definition) is 10. The normalized spacial score (nSPS) is 13.9. The van der Waals surface area contributed by atoms with E-state index in [1.165, 1.54) is 18.2 Å². The van der Waals surface area contributed by atoms with Crippen LogP contribution in [-0.4, -0.2) is 78.6 Å². The van der Waals surface area contributed by atoms with Crippen molar-refractivity contribution in [3.63, 3.8) is 0 Å². The van der Waals surface area contributed by atoms with Gasteiger partial charge in [-0.15, -0.1) is 0 Å². The van der Waals surface area contributed by atoms with Gasteiger partial charge in [0.15, 0.2) is 17.5 Å². The van der Waals surface area contributed by atoms with Gasteiger partial charge in [0.2, 0.25) is 16.0 Å². The van der Waals surface area contributed by atoms with Crippen LogP contribution in [0.3, 0.4) is 0 Å². The number of hydrogen-bond donors (Lipinski definition) is 2. The van der Waals surface area contributed by atoms with Crippen molar-refractivity contribution in [3.8, 4) is 22.6 Å². The minimum atomic E-state index is -3.91. The van der Waals surface area contributed by atoms with E-state index in [1.54, 1.807) is 24.5 Å². The Bertz CT molecular complexity index is 1600. The topological polar surface area (TPSA) is 135 Å². The van der Waals surface area contributed by atoms with Crippen molar-refractivity contribution < 1.29 is 21.9 Å². The van der Waals surface area contributed by atoms with Crippen LogP contribution in [0.25, 0.3) is 33.7 Å². The Morgan fingerprint density at radius 1 is 1.05 bits per heavy atom. The van der Waals surface area contributed by atoms with E-state index in [9.17, 15) is 12.8 Å². The smallest absolute Gasteiger partial charge is 0.232 e. The second-order valence-corrected chi connectivity index (χ2v) is 10.8. The predicted molar refractivity (Wildman–Crippen MR) is 149 cm³/mol. The molecule has 1 fully saturated rings. The van der Waals surface area contributed by atoms with Gasteiger partial charge in [0.05, 0.1) is 48.1 Å². The predicted octanol–water partition coefficient (Wildman–Crippen LogP) is 3.66. The number of fused-ring (bicyclic) bond motifs is 1. The Morgan fingerprint density at radius 3 is 2.55 bits per heavy atom. The summed E-state index contributed by atoms with van der Waals surface area (Å²) in [5.41, 5.74) is 1.76. The summed E-state index contributed by atoms with van der Waals surface area (Å²) in [5, 5.41) is 3.05. The SMILES string of the molecule is CCNc1ncc(-c2nc(N3CCOCC3)c3nc(-c4cccc(NS(=O)(=O)CCCF)c4F)ccc3n2)cn1. The Morgan fingerprint density at radius 2 is 1.82 bits per heavy atom. The van der Waals surface area contributed by atoms with Crippen molar-refractivity contribution in [1.82, 2.24) is 24.9 Å². The largest absolute Gasteiger partial charge is 0.378 e. The molecule has 11 nitrogen and oxygen atoms in total. The number of nitrogens with one attached hydrogen (secondary N) is 2. The molecule has 2 N–H and O–H groups in total. The van der Waals surface area contributed by atoms with Crippen LogP contribution in [0.1, 0.15) is 13.3 Å². The summed E-state index contributed by atoms with van der Waals surface area (Å²) in [7, 11) is -3.91. The summed E-state index contributed by atoms with van der Waals surface area (Å²) in [5.74, 6) is 0.237. The van der Waals surface area contributed by atoms with Gasteiger partial charge in [0.1, 0.15) is 5.52 Å². The fraction of sp³-hybridized carbons (Fsp3) is 0.346. The lowest BCUT2D eigenvalue weighted by atomic mass is 10.1. The third kappa shape index (κ3) is 6.07. The van der Waals surface area contributed by atoms with Gasteiger partial charge in [0, 0.05) is 37.6 Å². The van der Waals surface area contributed by atoms with E-state index in [2.05, 4.69) is 25.0 Å². The van der Waals surface area contributed by atoms with Gasteiger partial charge in [0.25, 0.3) is 0 Å². The molecule has 14 heteroatoms. The molecule has 0 amide bonds.